The summed E-state index contributed by atoms with van der Waals surface area (Å²) < 4.78 is 0. The zero-order chi connectivity index (χ0) is 10.2. The van der Waals surface area contributed by atoms with E-state index in [4.69, 9.17) is 0 Å². The van der Waals surface area contributed by atoms with Crippen molar-refractivity contribution in [1.82, 2.24) is 5.32 Å². The molecule has 10 radical (unpaired) electrons. The van der Waals surface area contributed by atoms with E-state index in [0.29, 0.717) is 0 Å². The summed E-state index contributed by atoms with van der Waals surface area (Å²) in [5.41, 5.74) is 0. The van der Waals surface area contributed by atoms with Crippen molar-refractivity contribution in [2.45, 2.75) is 6.92 Å². The van der Waals surface area contributed by atoms with Crippen molar-refractivity contribution in [2.24, 2.45) is 0 Å². The molecule has 15 heavy (non-hydrogen) atoms. The van der Waals surface area contributed by atoms with Crippen LogP contribution in [-0.4, -0.2) is 5.91 Å². The quantitative estimate of drug-likeness (QED) is 0.695. The van der Waals surface area contributed by atoms with Crippen LogP contribution in [0.1, 0.15) is 6.92 Å². The van der Waals surface area contributed by atoms with Gasteiger partial charge in [-0.2, -0.15) is 0 Å². The van der Waals surface area contributed by atoms with E-state index in [1.807, 2.05) is 57.8 Å². The predicted molar refractivity (Wildman–Crippen MR) is 55.8 cm³/mol. The van der Waals surface area contributed by atoms with Gasteiger partial charge in [-0.3, -0.25) is 4.79 Å². The van der Waals surface area contributed by atoms with Crippen LogP contribution >= 0.6 is 0 Å². The number of hydrogen-bond acceptors (Lipinski definition) is 1. The average Bonchev–Trinajstić information content (AvgIpc) is 2.75. The number of rotatable bonds is 1. The third-order valence-corrected chi connectivity index (χ3v) is 1.54. The van der Waals surface area contributed by atoms with Crippen LogP contribution in [0.4, 0.5) is 0 Å². The van der Waals surface area contributed by atoms with E-state index >= 15 is 0 Å². The van der Waals surface area contributed by atoms with Crippen molar-refractivity contribution in [3.63, 3.8) is 0 Å². The molecule has 2 rings (SSSR count). The summed E-state index contributed by atoms with van der Waals surface area (Å²) in [5, 5.41) is 2.65. The fourth-order valence-corrected chi connectivity index (χ4v) is 0.981. The first-order valence-electron chi connectivity index (χ1n) is 4.45. The van der Waals surface area contributed by atoms with E-state index in [1.54, 1.807) is 0 Å². The maximum atomic E-state index is 10.4. The van der Waals surface area contributed by atoms with Crippen LogP contribution < -0.4 is 5.32 Å². The molecule has 0 aromatic rings. The van der Waals surface area contributed by atoms with Crippen molar-refractivity contribution in [3.05, 3.63) is 63.8 Å². The standard InChI is InChI=1S/C7H8NO.C5H5.Fe/c1-6(9)8-7-4-2-3-5-7;1-2-4-5-3-1;/h2-5H,1H3,(H,8,9);1-5H;. The molecule has 0 unspecified atom stereocenters. The smallest absolute Gasteiger partial charge is 0.217 e. The summed E-state index contributed by atoms with van der Waals surface area (Å²) in [6.45, 7) is 1.49. The number of carbonyl (C=O) groups excluding carboxylic acids is 1. The largest absolute Gasteiger partial charge is 0.348 e. The van der Waals surface area contributed by atoms with E-state index in [1.165, 1.54) is 6.92 Å². The Morgan fingerprint density at radius 1 is 0.933 bits per heavy atom. The summed E-state index contributed by atoms with van der Waals surface area (Å²) in [6, 6.07) is 0.863. The van der Waals surface area contributed by atoms with Gasteiger partial charge < -0.3 is 5.32 Å². The summed E-state index contributed by atoms with van der Waals surface area (Å²) in [5.74, 6) is -0.0267. The second-order valence-electron chi connectivity index (χ2n) is 2.82. The minimum absolute atomic E-state index is 0. The molecule has 0 atom stereocenters. The van der Waals surface area contributed by atoms with Gasteiger partial charge in [-0.1, -0.05) is 0 Å². The molecule has 2 nitrogen and oxygen atoms in total. The van der Waals surface area contributed by atoms with Crippen LogP contribution in [-0.2, 0) is 21.9 Å². The van der Waals surface area contributed by atoms with E-state index in [0.717, 1.165) is 6.04 Å². The molecular weight excluding hydrogens is 230 g/mol. The minimum atomic E-state index is -0.0267. The molecule has 2 saturated carbocycles. The van der Waals surface area contributed by atoms with Crippen molar-refractivity contribution in [2.75, 3.05) is 0 Å². The Kier molecular flexibility index (Phi) is 9.23. The van der Waals surface area contributed by atoms with Crippen LogP contribution in [0.3, 0.4) is 0 Å². The zero-order valence-corrected chi connectivity index (χ0v) is 9.56. The Hall–Kier alpha value is -0.0105. The molecule has 3 heteroatoms. The van der Waals surface area contributed by atoms with Gasteiger partial charge in [0, 0.05) is 24.0 Å². The number of carbonyl (C=O) groups is 1. The van der Waals surface area contributed by atoms with E-state index in [2.05, 4.69) is 5.32 Å². The number of nitrogens with one attached hydrogen (secondary N) is 1. The normalized spacial score (nSPS) is 20.1. The van der Waals surface area contributed by atoms with Gasteiger partial charge in [0.25, 0.3) is 0 Å². The van der Waals surface area contributed by atoms with Crippen molar-refractivity contribution >= 4 is 5.91 Å². The summed E-state index contributed by atoms with van der Waals surface area (Å²) in [4.78, 5) is 10.4. The summed E-state index contributed by atoms with van der Waals surface area (Å²) >= 11 is 0. The summed E-state index contributed by atoms with van der Waals surface area (Å²) in [7, 11) is 0. The van der Waals surface area contributed by atoms with Gasteiger partial charge in [-0.15, -0.1) is 0 Å². The first-order chi connectivity index (χ1) is 6.79. The topological polar surface area (TPSA) is 29.1 Å². The fourth-order valence-electron chi connectivity index (χ4n) is 0.981. The molecule has 0 heterocycles. The third-order valence-electron chi connectivity index (χ3n) is 1.54. The van der Waals surface area contributed by atoms with E-state index < -0.39 is 0 Å². The molecular formula is C12H13FeNO. The van der Waals surface area contributed by atoms with Gasteiger partial charge >= 0.3 is 0 Å². The third kappa shape index (κ3) is 7.87. The van der Waals surface area contributed by atoms with Gasteiger partial charge in [0.05, 0.1) is 6.04 Å². The average molecular weight is 243 g/mol. The predicted octanol–water partition coefficient (Wildman–Crippen LogP) is 1.50. The Balaban J connectivity index is 0.000000280. The Labute approximate surface area is 104 Å². The molecule has 0 aliphatic heterocycles. The van der Waals surface area contributed by atoms with Crippen LogP contribution in [0, 0.1) is 63.8 Å². The van der Waals surface area contributed by atoms with Crippen LogP contribution in [0.15, 0.2) is 0 Å². The first kappa shape index (κ1) is 15.0. The molecule has 0 aromatic carbocycles. The molecule has 0 aromatic heterocycles. The van der Waals surface area contributed by atoms with Gasteiger partial charge in [-0.05, 0) is 57.8 Å². The van der Waals surface area contributed by atoms with Gasteiger partial charge in [0.15, 0.2) is 0 Å². The fraction of sp³-hybridized carbons (Fsp3) is 0.0833. The molecule has 80 valence electrons. The van der Waals surface area contributed by atoms with E-state index in [-0.39, 0.29) is 23.0 Å². The zero-order valence-electron chi connectivity index (χ0n) is 8.46. The molecule has 2 fully saturated rings. The van der Waals surface area contributed by atoms with Crippen LogP contribution in [0.25, 0.3) is 0 Å². The monoisotopic (exact) mass is 243 g/mol. The molecule has 1 N–H and O–H groups in total. The SMILES string of the molecule is CC(=O)N[C]1[CH][CH][CH][CH]1.[CH]1[CH][CH][CH][CH]1.[Fe]. The molecule has 0 bridgehead atoms. The molecule has 2 aliphatic rings. The number of hydrogen-bond donors (Lipinski definition) is 1. The molecule has 0 saturated heterocycles. The molecule has 2 aliphatic carbocycles. The maximum absolute atomic E-state index is 10.4. The second kappa shape index (κ2) is 9.23. The summed E-state index contributed by atoms with van der Waals surface area (Å²) in [6.07, 6.45) is 17.5. The first-order valence-corrected chi connectivity index (χ1v) is 4.45. The number of amides is 1. The van der Waals surface area contributed by atoms with Crippen LogP contribution in [0.2, 0.25) is 0 Å². The van der Waals surface area contributed by atoms with E-state index in [9.17, 15) is 4.79 Å². The Morgan fingerprint density at radius 3 is 1.67 bits per heavy atom. The Bertz CT molecular complexity index is 155. The molecule has 0 spiro atoms. The van der Waals surface area contributed by atoms with Crippen molar-refractivity contribution in [1.29, 1.82) is 0 Å². The Morgan fingerprint density at radius 2 is 1.33 bits per heavy atom. The van der Waals surface area contributed by atoms with Gasteiger partial charge in [0.2, 0.25) is 5.91 Å². The minimum Gasteiger partial charge on any atom is -0.348 e. The van der Waals surface area contributed by atoms with Gasteiger partial charge in [0.1, 0.15) is 0 Å². The second-order valence-corrected chi connectivity index (χ2v) is 2.82. The maximum Gasteiger partial charge on any atom is 0.217 e. The van der Waals surface area contributed by atoms with Crippen molar-refractivity contribution in [3.8, 4) is 0 Å². The van der Waals surface area contributed by atoms with Crippen molar-refractivity contribution < 1.29 is 21.9 Å². The van der Waals surface area contributed by atoms with Gasteiger partial charge in [-0.25, -0.2) is 0 Å². The molecule has 1 amide bonds. The van der Waals surface area contributed by atoms with Crippen LogP contribution in [0.5, 0.6) is 0 Å².